The number of furan rings is 1. The summed E-state index contributed by atoms with van der Waals surface area (Å²) in [6.45, 7) is 3.02. The molecule has 146 valence electrons. The van der Waals surface area contributed by atoms with Gasteiger partial charge in [0.25, 0.3) is 5.91 Å². The van der Waals surface area contributed by atoms with Crippen molar-refractivity contribution in [3.63, 3.8) is 0 Å². The Morgan fingerprint density at radius 1 is 1.18 bits per heavy atom. The van der Waals surface area contributed by atoms with Crippen LogP contribution in [0, 0.1) is 0 Å². The first kappa shape index (κ1) is 18.6. The topological polar surface area (TPSA) is 83.2 Å². The smallest absolute Gasteiger partial charge is 0.265 e. The lowest BCUT2D eigenvalue weighted by atomic mass is 9.90. The van der Waals surface area contributed by atoms with Crippen molar-refractivity contribution in [2.75, 3.05) is 37.9 Å². The Kier molecular flexibility index (Phi) is 5.13. The number of nitrogens with zero attached hydrogens (tertiary/aromatic N) is 2. The molecular weight excluding hydrogens is 360 g/mol. The van der Waals surface area contributed by atoms with Gasteiger partial charge in [-0.15, -0.1) is 0 Å². The summed E-state index contributed by atoms with van der Waals surface area (Å²) in [5.74, 6) is -0.289. The molecule has 0 spiro atoms. The molecular formula is C21H22N2O5. The number of aliphatic hydroxyl groups is 1. The Morgan fingerprint density at radius 2 is 1.96 bits per heavy atom. The van der Waals surface area contributed by atoms with Crippen molar-refractivity contribution in [1.29, 1.82) is 0 Å². The van der Waals surface area contributed by atoms with E-state index in [2.05, 4.69) is 4.90 Å². The second-order valence-electron chi connectivity index (χ2n) is 6.97. The monoisotopic (exact) mass is 382 g/mol. The predicted octanol–water partition coefficient (Wildman–Crippen LogP) is 1.78. The summed E-state index contributed by atoms with van der Waals surface area (Å²) in [4.78, 5) is 29.3. The summed E-state index contributed by atoms with van der Waals surface area (Å²) >= 11 is 0. The number of benzene rings is 1. The van der Waals surface area contributed by atoms with Crippen molar-refractivity contribution < 1.29 is 23.8 Å². The van der Waals surface area contributed by atoms with Gasteiger partial charge in [-0.2, -0.15) is 0 Å². The maximum absolute atomic E-state index is 13.1. The fourth-order valence-corrected chi connectivity index (χ4v) is 3.63. The number of anilines is 1. The second-order valence-corrected chi connectivity index (χ2v) is 6.97. The lowest BCUT2D eigenvalue weighted by Crippen LogP contribution is -2.48. The molecule has 0 aliphatic carbocycles. The zero-order valence-electron chi connectivity index (χ0n) is 15.4. The van der Waals surface area contributed by atoms with Crippen LogP contribution in [-0.4, -0.2) is 54.7 Å². The molecule has 1 saturated heterocycles. The van der Waals surface area contributed by atoms with Gasteiger partial charge < -0.3 is 14.3 Å². The van der Waals surface area contributed by atoms with E-state index in [1.165, 1.54) is 18.4 Å². The molecule has 28 heavy (non-hydrogen) atoms. The quantitative estimate of drug-likeness (QED) is 0.767. The highest BCUT2D eigenvalue weighted by atomic mass is 16.5. The average molecular weight is 382 g/mol. The molecule has 1 aromatic heterocycles. The number of carbonyl (C=O) groups excluding carboxylic acids is 2. The van der Waals surface area contributed by atoms with E-state index in [0.717, 1.165) is 13.1 Å². The van der Waals surface area contributed by atoms with E-state index in [1.807, 2.05) is 6.07 Å². The minimum atomic E-state index is -1.87. The van der Waals surface area contributed by atoms with Crippen LogP contribution in [0.15, 0.2) is 53.2 Å². The molecule has 2 aliphatic rings. The van der Waals surface area contributed by atoms with E-state index in [1.54, 1.807) is 35.2 Å². The van der Waals surface area contributed by atoms with Gasteiger partial charge in [0.05, 0.1) is 38.3 Å². The highest BCUT2D eigenvalue weighted by molar-refractivity contribution is 6.10. The number of morpholine rings is 1. The van der Waals surface area contributed by atoms with Crippen molar-refractivity contribution >= 4 is 23.5 Å². The maximum atomic E-state index is 13.1. The van der Waals surface area contributed by atoms with Crippen molar-refractivity contribution in [3.8, 4) is 0 Å². The highest BCUT2D eigenvalue weighted by Crippen LogP contribution is 2.42. The number of ketones is 1. The SMILES string of the molecule is O=C(/C=C\c1ccco1)C[C@@]1(O)C(=O)N(CN2CCOCC2)c2ccccc21. The lowest BCUT2D eigenvalue weighted by Gasteiger charge is -2.31. The van der Waals surface area contributed by atoms with Gasteiger partial charge in [0.15, 0.2) is 11.4 Å². The van der Waals surface area contributed by atoms with E-state index >= 15 is 0 Å². The fraction of sp³-hybridized carbons (Fsp3) is 0.333. The summed E-state index contributed by atoms with van der Waals surface area (Å²) in [6, 6.07) is 10.5. The van der Waals surface area contributed by atoms with Crippen LogP contribution in [0.1, 0.15) is 17.7 Å². The number of para-hydroxylation sites is 1. The molecule has 4 rings (SSSR count). The molecule has 0 unspecified atom stereocenters. The third-order valence-electron chi connectivity index (χ3n) is 5.09. The van der Waals surface area contributed by atoms with Gasteiger partial charge >= 0.3 is 0 Å². The first-order valence-corrected chi connectivity index (χ1v) is 9.26. The minimum absolute atomic E-state index is 0.320. The number of allylic oxidation sites excluding steroid dienone is 1. The molecule has 2 aliphatic heterocycles. The molecule has 3 heterocycles. The molecule has 1 atom stereocenters. The fourth-order valence-electron chi connectivity index (χ4n) is 3.63. The van der Waals surface area contributed by atoms with Crippen LogP contribution in [0.2, 0.25) is 0 Å². The molecule has 1 amide bonds. The van der Waals surface area contributed by atoms with Crippen LogP contribution in [0.4, 0.5) is 5.69 Å². The normalized spacial score (nSPS) is 22.8. The highest BCUT2D eigenvalue weighted by Gasteiger charge is 2.50. The van der Waals surface area contributed by atoms with Gasteiger partial charge in [-0.05, 0) is 30.4 Å². The van der Waals surface area contributed by atoms with E-state index < -0.39 is 11.5 Å². The summed E-state index contributed by atoms with van der Waals surface area (Å²) in [6.07, 6.45) is 4.05. The molecule has 0 saturated carbocycles. The summed E-state index contributed by atoms with van der Waals surface area (Å²) < 4.78 is 10.5. The van der Waals surface area contributed by atoms with Crippen LogP contribution in [0.25, 0.3) is 6.08 Å². The van der Waals surface area contributed by atoms with Gasteiger partial charge in [0.1, 0.15) is 5.76 Å². The first-order valence-electron chi connectivity index (χ1n) is 9.26. The molecule has 7 nitrogen and oxygen atoms in total. The summed E-state index contributed by atoms with van der Waals surface area (Å²) in [7, 11) is 0. The van der Waals surface area contributed by atoms with Crippen LogP contribution >= 0.6 is 0 Å². The average Bonchev–Trinajstić information content (AvgIpc) is 3.30. The van der Waals surface area contributed by atoms with Gasteiger partial charge in [-0.3, -0.25) is 19.4 Å². The molecule has 7 heteroatoms. The molecule has 0 radical (unpaired) electrons. The van der Waals surface area contributed by atoms with Crippen molar-refractivity contribution in [2.24, 2.45) is 0 Å². The minimum Gasteiger partial charge on any atom is -0.465 e. The molecule has 1 fully saturated rings. The molecule has 1 aromatic carbocycles. The molecule has 0 bridgehead atoms. The number of carbonyl (C=O) groups is 2. The Labute approximate surface area is 162 Å². The third kappa shape index (κ3) is 3.52. The standard InChI is InChI=1S/C21H22N2O5/c24-16(7-8-17-4-3-11-28-17)14-21(26)18-5-1-2-6-19(18)23(20(21)25)15-22-9-12-27-13-10-22/h1-8,11,26H,9-10,12-15H2/b8-7-/t21-/m0/s1. The second kappa shape index (κ2) is 7.71. The van der Waals surface area contributed by atoms with Gasteiger partial charge in [0, 0.05) is 18.7 Å². The van der Waals surface area contributed by atoms with Crippen LogP contribution in [-0.2, 0) is 19.9 Å². The lowest BCUT2D eigenvalue weighted by molar-refractivity contribution is -0.141. The Hall–Kier alpha value is -2.74. The Morgan fingerprint density at radius 3 is 2.71 bits per heavy atom. The molecule has 1 N–H and O–H groups in total. The number of fused-ring (bicyclic) bond motifs is 1. The van der Waals surface area contributed by atoms with E-state index in [-0.39, 0.29) is 12.2 Å². The Balaban J connectivity index is 1.55. The van der Waals surface area contributed by atoms with Crippen LogP contribution < -0.4 is 4.90 Å². The van der Waals surface area contributed by atoms with Crippen LogP contribution in [0.5, 0.6) is 0 Å². The maximum Gasteiger partial charge on any atom is 0.265 e. The zero-order valence-corrected chi connectivity index (χ0v) is 15.4. The van der Waals surface area contributed by atoms with E-state index in [4.69, 9.17) is 9.15 Å². The van der Waals surface area contributed by atoms with Gasteiger partial charge in [0.2, 0.25) is 0 Å². The van der Waals surface area contributed by atoms with Crippen molar-refractivity contribution in [2.45, 2.75) is 12.0 Å². The number of hydrogen-bond acceptors (Lipinski definition) is 6. The number of ether oxygens (including phenoxy) is 1. The summed E-state index contributed by atoms with van der Waals surface area (Å²) in [5.41, 5.74) is -0.759. The van der Waals surface area contributed by atoms with Gasteiger partial charge in [-0.1, -0.05) is 18.2 Å². The van der Waals surface area contributed by atoms with Crippen molar-refractivity contribution in [3.05, 3.63) is 60.1 Å². The number of rotatable bonds is 6. The van der Waals surface area contributed by atoms with E-state index in [0.29, 0.717) is 36.9 Å². The first-order chi connectivity index (χ1) is 13.6. The zero-order chi connectivity index (χ0) is 19.6. The third-order valence-corrected chi connectivity index (χ3v) is 5.09. The van der Waals surface area contributed by atoms with E-state index in [9.17, 15) is 14.7 Å². The largest absolute Gasteiger partial charge is 0.465 e. The van der Waals surface area contributed by atoms with Gasteiger partial charge in [-0.25, -0.2) is 0 Å². The number of amides is 1. The van der Waals surface area contributed by atoms with Crippen LogP contribution in [0.3, 0.4) is 0 Å². The van der Waals surface area contributed by atoms with Crippen molar-refractivity contribution in [1.82, 2.24) is 4.90 Å². The number of hydrogen-bond donors (Lipinski definition) is 1. The summed E-state index contributed by atoms with van der Waals surface area (Å²) in [5, 5.41) is 11.2. The predicted molar refractivity (Wildman–Crippen MR) is 102 cm³/mol. The Bertz CT molecular complexity index is 886. The molecule has 2 aromatic rings.